The average molecular weight is 312 g/mol. The number of carbonyl (C=O) groups excluding carboxylic acids is 1. The number of carbonyl (C=O) groups is 1. The monoisotopic (exact) mass is 312 g/mol. The second kappa shape index (κ2) is 7.79. The van der Waals surface area contributed by atoms with E-state index in [0.717, 1.165) is 22.4 Å². The maximum atomic E-state index is 12.4. The van der Waals surface area contributed by atoms with E-state index in [9.17, 15) is 4.79 Å². The maximum Gasteiger partial charge on any atom is 0.239 e. The summed E-state index contributed by atoms with van der Waals surface area (Å²) in [5.41, 5.74) is 9.26. The molecule has 122 valence electrons. The van der Waals surface area contributed by atoms with Gasteiger partial charge in [0.1, 0.15) is 5.75 Å². The number of rotatable bonds is 6. The fourth-order valence-electron chi connectivity index (χ4n) is 2.63. The molecule has 2 aromatic carbocycles. The van der Waals surface area contributed by atoms with Crippen molar-refractivity contribution in [1.29, 1.82) is 0 Å². The van der Waals surface area contributed by atoms with Crippen LogP contribution in [0.2, 0.25) is 0 Å². The number of nitrogens with zero attached hydrogens (tertiary/aromatic N) is 1. The van der Waals surface area contributed by atoms with Crippen LogP contribution in [0.15, 0.2) is 48.5 Å². The maximum absolute atomic E-state index is 12.4. The van der Waals surface area contributed by atoms with Gasteiger partial charge in [0.15, 0.2) is 0 Å². The molecule has 0 aliphatic carbocycles. The number of ether oxygens (including phenoxy) is 1. The predicted octanol–water partition coefficient (Wildman–Crippen LogP) is 2.53. The van der Waals surface area contributed by atoms with Gasteiger partial charge in [-0.25, -0.2) is 0 Å². The molecular weight excluding hydrogens is 288 g/mol. The normalized spacial score (nSPS) is 11.8. The number of methoxy groups -OCH3 is 1. The molecule has 0 aliphatic rings. The Morgan fingerprint density at radius 1 is 1.17 bits per heavy atom. The minimum absolute atomic E-state index is 0.0534. The molecule has 0 aromatic heterocycles. The number of amides is 1. The van der Waals surface area contributed by atoms with E-state index in [1.807, 2.05) is 55.5 Å². The van der Waals surface area contributed by atoms with E-state index in [4.69, 9.17) is 10.5 Å². The van der Waals surface area contributed by atoms with Crippen LogP contribution in [-0.2, 0) is 17.8 Å². The molecule has 1 atom stereocenters. The molecule has 0 heterocycles. The Balaban J connectivity index is 1.98. The summed E-state index contributed by atoms with van der Waals surface area (Å²) in [7, 11) is 3.44. The highest BCUT2D eigenvalue weighted by Gasteiger charge is 2.18. The topological polar surface area (TPSA) is 55.6 Å². The SMILES string of the molecule is COc1ccc(CN(C)C(=O)[C@@H](N)Cc2ccccc2)cc1C. The minimum Gasteiger partial charge on any atom is -0.496 e. The van der Waals surface area contributed by atoms with Gasteiger partial charge in [0.05, 0.1) is 13.2 Å². The average Bonchev–Trinajstić information content (AvgIpc) is 2.55. The molecule has 4 heteroatoms. The molecular formula is C19H24N2O2. The number of likely N-dealkylation sites (N-methyl/N-ethyl adjacent to an activating group) is 1. The van der Waals surface area contributed by atoms with E-state index in [0.29, 0.717) is 13.0 Å². The Kier molecular flexibility index (Phi) is 5.77. The van der Waals surface area contributed by atoms with E-state index < -0.39 is 6.04 Å². The van der Waals surface area contributed by atoms with E-state index >= 15 is 0 Å². The third-order valence-electron chi connectivity index (χ3n) is 3.87. The summed E-state index contributed by atoms with van der Waals surface area (Å²) >= 11 is 0. The van der Waals surface area contributed by atoms with Crippen LogP contribution >= 0.6 is 0 Å². The lowest BCUT2D eigenvalue weighted by atomic mass is 10.1. The molecule has 0 bridgehead atoms. The summed E-state index contributed by atoms with van der Waals surface area (Å²) in [4.78, 5) is 14.1. The quantitative estimate of drug-likeness (QED) is 0.892. The first-order valence-corrected chi connectivity index (χ1v) is 7.69. The highest BCUT2D eigenvalue weighted by molar-refractivity contribution is 5.81. The van der Waals surface area contributed by atoms with E-state index in [1.165, 1.54) is 0 Å². The van der Waals surface area contributed by atoms with Crippen LogP contribution in [0.4, 0.5) is 0 Å². The molecule has 0 spiro atoms. The fourth-order valence-corrected chi connectivity index (χ4v) is 2.63. The van der Waals surface area contributed by atoms with Crippen molar-refractivity contribution in [2.75, 3.05) is 14.2 Å². The number of hydrogen-bond donors (Lipinski definition) is 1. The van der Waals surface area contributed by atoms with E-state index in [-0.39, 0.29) is 5.91 Å². The summed E-state index contributed by atoms with van der Waals surface area (Å²) in [6.45, 7) is 2.53. The van der Waals surface area contributed by atoms with Gasteiger partial charge in [-0.2, -0.15) is 0 Å². The lowest BCUT2D eigenvalue weighted by Crippen LogP contribution is -2.42. The van der Waals surface area contributed by atoms with Crippen LogP contribution in [0, 0.1) is 6.92 Å². The Labute approximate surface area is 137 Å². The Morgan fingerprint density at radius 2 is 1.87 bits per heavy atom. The van der Waals surface area contributed by atoms with Gasteiger partial charge in [0, 0.05) is 13.6 Å². The first-order chi connectivity index (χ1) is 11.0. The van der Waals surface area contributed by atoms with Crippen molar-refractivity contribution in [3.05, 3.63) is 65.2 Å². The van der Waals surface area contributed by atoms with Gasteiger partial charge < -0.3 is 15.4 Å². The van der Waals surface area contributed by atoms with Gasteiger partial charge >= 0.3 is 0 Å². The summed E-state index contributed by atoms with van der Waals surface area (Å²) in [6.07, 6.45) is 0.547. The first kappa shape index (κ1) is 17.0. The Bertz CT molecular complexity index is 656. The Hall–Kier alpha value is -2.33. The zero-order valence-corrected chi connectivity index (χ0v) is 14.0. The fraction of sp³-hybridized carbons (Fsp3) is 0.316. The van der Waals surface area contributed by atoms with Crippen molar-refractivity contribution < 1.29 is 9.53 Å². The van der Waals surface area contributed by atoms with Crippen LogP contribution < -0.4 is 10.5 Å². The highest BCUT2D eigenvalue weighted by atomic mass is 16.5. The largest absolute Gasteiger partial charge is 0.496 e. The van der Waals surface area contributed by atoms with Gasteiger partial charge in [0.25, 0.3) is 0 Å². The van der Waals surface area contributed by atoms with Crippen LogP contribution in [0.5, 0.6) is 5.75 Å². The lowest BCUT2D eigenvalue weighted by molar-refractivity contribution is -0.131. The minimum atomic E-state index is -0.526. The number of benzene rings is 2. The first-order valence-electron chi connectivity index (χ1n) is 7.69. The summed E-state index contributed by atoms with van der Waals surface area (Å²) < 4.78 is 5.26. The number of aryl methyl sites for hydroxylation is 1. The molecule has 2 aromatic rings. The molecule has 2 rings (SSSR count). The van der Waals surface area contributed by atoms with Crippen molar-refractivity contribution in [3.8, 4) is 5.75 Å². The molecule has 2 N–H and O–H groups in total. The van der Waals surface area contributed by atoms with Gasteiger partial charge in [-0.3, -0.25) is 4.79 Å². The molecule has 4 nitrogen and oxygen atoms in total. The molecule has 1 amide bonds. The predicted molar refractivity (Wildman–Crippen MR) is 92.3 cm³/mol. The van der Waals surface area contributed by atoms with E-state index in [1.54, 1.807) is 19.1 Å². The zero-order chi connectivity index (χ0) is 16.8. The number of hydrogen-bond acceptors (Lipinski definition) is 3. The smallest absolute Gasteiger partial charge is 0.239 e. The van der Waals surface area contributed by atoms with Crippen LogP contribution in [0.3, 0.4) is 0 Å². The van der Waals surface area contributed by atoms with Crippen molar-refractivity contribution in [3.63, 3.8) is 0 Å². The summed E-state index contributed by atoms with van der Waals surface area (Å²) in [5.74, 6) is 0.797. The van der Waals surface area contributed by atoms with Gasteiger partial charge in [-0.05, 0) is 36.1 Å². The van der Waals surface area contributed by atoms with Crippen molar-refractivity contribution >= 4 is 5.91 Å². The summed E-state index contributed by atoms with van der Waals surface area (Å²) in [6, 6.07) is 15.2. The highest BCUT2D eigenvalue weighted by Crippen LogP contribution is 2.19. The van der Waals surface area contributed by atoms with Crippen LogP contribution in [0.1, 0.15) is 16.7 Å². The standard InChI is InChI=1S/C19H24N2O2/c1-14-11-16(9-10-18(14)23-3)13-21(2)19(22)17(20)12-15-7-5-4-6-8-15/h4-11,17H,12-13,20H2,1-3H3/t17-/m0/s1. The second-order valence-corrected chi connectivity index (χ2v) is 5.79. The molecule has 0 unspecified atom stereocenters. The lowest BCUT2D eigenvalue weighted by Gasteiger charge is -2.22. The molecule has 0 saturated carbocycles. The van der Waals surface area contributed by atoms with Crippen LogP contribution in [-0.4, -0.2) is 31.0 Å². The third-order valence-corrected chi connectivity index (χ3v) is 3.87. The van der Waals surface area contributed by atoms with Crippen LogP contribution in [0.25, 0.3) is 0 Å². The zero-order valence-electron chi connectivity index (χ0n) is 14.0. The van der Waals surface area contributed by atoms with Gasteiger partial charge in [-0.1, -0.05) is 42.5 Å². The van der Waals surface area contributed by atoms with E-state index in [2.05, 4.69) is 0 Å². The summed E-state index contributed by atoms with van der Waals surface area (Å²) in [5, 5.41) is 0. The third kappa shape index (κ3) is 4.57. The van der Waals surface area contributed by atoms with Gasteiger partial charge in [0.2, 0.25) is 5.91 Å². The molecule has 0 aliphatic heterocycles. The molecule has 23 heavy (non-hydrogen) atoms. The Morgan fingerprint density at radius 3 is 2.48 bits per heavy atom. The van der Waals surface area contributed by atoms with Crippen molar-refractivity contribution in [2.45, 2.75) is 25.9 Å². The van der Waals surface area contributed by atoms with Crippen molar-refractivity contribution in [2.24, 2.45) is 5.73 Å². The number of nitrogens with two attached hydrogens (primary N) is 1. The van der Waals surface area contributed by atoms with Gasteiger partial charge in [-0.15, -0.1) is 0 Å². The molecule has 0 radical (unpaired) electrons. The molecule has 0 saturated heterocycles. The second-order valence-electron chi connectivity index (χ2n) is 5.79. The molecule has 0 fully saturated rings. The van der Waals surface area contributed by atoms with Crippen molar-refractivity contribution in [1.82, 2.24) is 4.90 Å².